The van der Waals surface area contributed by atoms with Crippen molar-refractivity contribution in [3.05, 3.63) is 125 Å². The zero-order valence-electron chi connectivity index (χ0n) is 20.8. The van der Waals surface area contributed by atoms with Gasteiger partial charge in [0, 0.05) is 22.6 Å². The highest BCUT2D eigenvalue weighted by Gasteiger charge is 2.13. The van der Waals surface area contributed by atoms with Gasteiger partial charge in [-0.25, -0.2) is 0 Å². The Morgan fingerprint density at radius 2 is 1.49 bits per heavy atom. The Bertz CT molecular complexity index is 1410. The molecule has 0 aromatic heterocycles. The Hall–Kier alpha value is -4.29. The fourth-order valence-corrected chi connectivity index (χ4v) is 4.15. The number of carbonyl (C=O) groups excluding carboxylic acids is 2. The molecule has 5 nitrogen and oxygen atoms in total. The fourth-order valence-electron chi connectivity index (χ4n) is 3.74. The highest BCUT2D eigenvalue weighted by molar-refractivity contribution is 7.98. The average Bonchev–Trinajstić information content (AvgIpc) is 2.93. The Morgan fingerprint density at radius 1 is 0.838 bits per heavy atom. The molecule has 4 rings (SSSR count). The number of thioether (sulfide) groups is 1. The van der Waals surface area contributed by atoms with Crippen LogP contribution in [-0.4, -0.2) is 18.1 Å². The number of para-hydroxylation sites is 2. The lowest BCUT2D eigenvalue weighted by molar-refractivity contribution is -0.115. The number of amides is 2. The quantitative estimate of drug-likeness (QED) is 0.111. The van der Waals surface area contributed by atoms with Gasteiger partial charge in [-0.2, -0.15) is 0 Å². The predicted molar refractivity (Wildman–Crippen MR) is 154 cm³/mol. The summed E-state index contributed by atoms with van der Waals surface area (Å²) < 4.78 is 0. The standard InChI is InChI=1S/C31H29N3O2S/c1-21-7-13-24(14-8-21)27(19-22-11-17-26(37-2)18-12-22)31(36)33-20-23-9-15-25(16-10-23)30(35)34-29-6-4-3-5-28(29)32/h3-19H,20,32H2,1-2H3,(H,33,36)(H,34,35). The fraction of sp³-hybridized carbons (Fsp3) is 0.0968. The van der Waals surface area contributed by atoms with E-state index in [9.17, 15) is 9.59 Å². The van der Waals surface area contributed by atoms with E-state index in [0.29, 0.717) is 29.1 Å². The highest BCUT2D eigenvalue weighted by atomic mass is 32.2. The zero-order valence-corrected chi connectivity index (χ0v) is 21.6. The van der Waals surface area contributed by atoms with Gasteiger partial charge in [0.15, 0.2) is 0 Å². The van der Waals surface area contributed by atoms with Crippen LogP contribution in [0.1, 0.15) is 32.6 Å². The minimum absolute atomic E-state index is 0.167. The summed E-state index contributed by atoms with van der Waals surface area (Å²) in [6.45, 7) is 2.36. The highest BCUT2D eigenvalue weighted by Crippen LogP contribution is 2.22. The van der Waals surface area contributed by atoms with Crippen molar-refractivity contribution < 1.29 is 9.59 Å². The number of rotatable bonds is 8. The number of nitrogens with one attached hydrogen (secondary N) is 2. The Kier molecular flexibility index (Phi) is 8.44. The summed E-state index contributed by atoms with van der Waals surface area (Å²) in [5.41, 5.74) is 11.9. The van der Waals surface area contributed by atoms with E-state index in [0.717, 1.165) is 22.3 Å². The van der Waals surface area contributed by atoms with Crippen LogP contribution in [0.2, 0.25) is 0 Å². The maximum Gasteiger partial charge on any atom is 0.255 e. The topological polar surface area (TPSA) is 84.2 Å². The molecule has 0 saturated heterocycles. The van der Waals surface area contributed by atoms with Crippen LogP contribution in [0, 0.1) is 6.92 Å². The maximum atomic E-state index is 13.3. The molecule has 2 amide bonds. The second kappa shape index (κ2) is 12.1. The molecule has 0 unspecified atom stereocenters. The lowest BCUT2D eigenvalue weighted by Crippen LogP contribution is -2.24. The summed E-state index contributed by atoms with van der Waals surface area (Å²) in [5.74, 6) is -0.412. The molecule has 0 spiro atoms. The molecule has 4 aromatic rings. The summed E-state index contributed by atoms with van der Waals surface area (Å²) >= 11 is 1.68. The zero-order chi connectivity index (χ0) is 26.2. The number of hydrogen-bond donors (Lipinski definition) is 3. The molecule has 0 radical (unpaired) electrons. The molecule has 4 aromatic carbocycles. The first kappa shape index (κ1) is 25.8. The molecule has 4 N–H and O–H groups in total. The number of carbonyl (C=O) groups is 2. The van der Waals surface area contributed by atoms with Crippen molar-refractivity contribution in [3.8, 4) is 0 Å². The second-order valence-corrected chi connectivity index (χ2v) is 9.50. The minimum atomic E-state index is -0.245. The van der Waals surface area contributed by atoms with Crippen LogP contribution in [0.3, 0.4) is 0 Å². The van der Waals surface area contributed by atoms with Crippen molar-refractivity contribution in [2.45, 2.75) is 18.4 Å². The minimum Gasteiger partial charge on any atom is -0.397 e. The summed E-state index contributed by atoms with van der Waals surface area (Å²) in [4.78, 5) is 27.0. The molecule has 0 aliphatic carbocycles. The average molecular weight is 508 g/mol. The monoisotopic (exact) mass is 507 g/mol. The van der Waals surface area contributed by atoms with E-state index in [-0.39, 0.29) is 11.8 Å². The molecule has 0 aliphatic rings. The van der Waals surface area contributed by atoms with Crippen LogP contribution in [-0.2, 0) is 11.3 Å². The molecule has 37 heavy (non-hydrogen) atoms. The molecule has 0 atom stereocenters. The summed E-state index contributed by atoms with van der Waals surface area (Å²) in [6, 6.07) is 30.3. The van der Waals surface area contributed by atoms with Gasteiger partial charge in [0.1, 0.15) is 0 Å². The third kappa shape index (κ3) is 6.90. The molecule has 6 heteroatoms. The number of hydrogen-bond acceptors (Lipinski definition) is 4. The molecule has 0 saturated carbocycles. The van der Waals surface area contributed by atoms with Gasteiger partial charge < -0.3 is 16.4 Å². The number of benzene rings is 4. The normalized spacial score (nSPS) is 11.1. The summed E-state index contributed by atoms with van der Waals surface area (Å²) in [6.07, 6.45) is 3.95. The van der Waals surface area contributed by atoms with Gasteiger partial charge in [-0.3, -0.25) is 9.59 Å². The molecular formula is C31H29N3O2S. The summed E-state index contributed by atoms with van der Waals surface area (Å²) in [5, 5.41) is 5.84. The lowest BCUT2D eigenvalue weighted by atomic mass is 10.0. The van der Waals surface area contributed by atoms with E-state index in [1.54, 1.807) is 36.0 Å². The van der Waals surface area contributed by atoms with Gasteiger partial charge in [-0.05, 0) is 72.3 Å². The molecule has 0 bridgehead atoms. The first-order valence-corrected chi connectivity index (χ1v) is 13.1. The van der Waals surface area contributed by atoms with E-state index < -0.39 is 0 Å². The Morgan fingerprint density at radius 3 is 2.14 bits per heavy atom. The molecule has 0 heterocycles. The van der Waals surface area contributed by atoms with Crippen molar-refractivity contribution in [1.29, 1.82) is 0 Å². The number of nitrogens with two attached hydrogens (primary N) is 1. The SMILES string of the molecule is CSc1ccc(C=C(C(=O)NCc2ccc(C(=O)Nc3ccccc3N)cc2)c2ccc(C)cc2)cc1. The van der Waals surface area contributed by atoms with Crippen LogP contribution in [0.15, 0.2) is 102 Å². The molecule has 186 valence electrons. The maximum absolute atomic E-state index is 13.3. The third-order valence-corrected chi connectivity index (χ3v) is 6.66. The van der Waals surface area contributed by atoms with Crippen LogP contribution in [0.25, 0.3) is 11.6 Å². The first-order valence-electron chi connectivity index (χ1n) is 11.9. The van der Waals surface area contributed by atoms with Gasteiger partial charge in [0.2, 0.25) is 0 Å². The number of anilines is 2. The predicted octanol–water partition coefficient (Wildman–Crippen LogP) is 6.41. The van der Waals surface area contributed by atoms with Gasteiger partial charge in [-0.15, -0.1) is 11.8 Å². The van der Waals surface area contributed by atoms with Crippen molar-refractivity contribution in [2.75, 3.05) is 17.3 Å². The van der Waals surface area contributed by atoms with Crippen LogP contribution in [0.5, 0.6) is 0 Å². The molecular weight excluding hydrogens is 478 g/mol. The van der Waals surface area contributed by atoms with Gasteiger partial charge >= 0.3 is 0 Å². The van der Waals surface area contributed by atoms with Crippen LogP contribution in [0.4, 0.5) is 11.4 Å². The molecule has 0 aliphatic heterocycles. The van der Waals surface area contributed by atoms with Crippen molar-refractivity contribution in [2.24, 2.45) is 0 Å². The summed E-state index contributed by atoms with van der Waals surface area (Å²) in [7, 11) is 0. The van der Waals surface area contributed by atoms with Gasteiger partial charge in [0.05, 0.1) is 11.4 Å². The van der Waals surface area contributed by atoms with E-state index in [1.807, 2.05) is 92.1 Å². The Balaban J connectivity index is 1.46. The van der Waals surface area contributed by atoms with Crippen molar-refractivity contribution >= 4 is 46.6 Å². The lowest BCUT2D eigenvalue weighted by Gasteiger charge is -2.11. The smallest absolute Gasteiger partial charge is 0.255 e. The van der Waals surface area contributed by atoms with Crippen LogP contribution < -0.4 is 16.4 Å². The largest absolute Gasteiger partial charge is 0.397 e. The van der Waals surface area contributed by atoms with E-state index in [4.69, 9.17) is 5.73 Å². The number of aryl methyl sites for hydroxylation is 1. The number of nitrogen functional groups attached to an aromatic ring is 1. The van der Waals surface area contributed by atoms with Crippen LogP contribution >= 0.6 is 11.8 Å². The van der Waals surface area contributed by atoms with E-state index >= 15 is 0 Å². The van der Waals surface area contributed by atoms with Crippen molar-refractivity contribution in [1.82, 2.24) is 5.32 Å². The molecule has 0 fully saturated rings. The third-order valence-electron chi connectivity index (χ3n) is 5.91. The van der Waals surface area contributed by atoms with Crippen molar-refractivity contribution in [3.63, 3.8) is 0 Å². The second-order valence-electron chi connectivity index (χ2n) is 8.62. The Labute approximate surface area is 221 Å². The van der Waals surface area contributed by atoms with Gasteiger partial charge in [0.25, 0.3) is 11.8 Å². The van der Waals surface area contributed by atoms with E-state index in [1.165, 1.54) is 4.90 Å². The van der Waals surface area contributed by atoms with E-state index in [2.05, 4.69) is 10.6 Å². The first-order chi connectivity index (χ1) is 17.9. The van der Waals surface area contributed by atoms with Gasteiger partial charge in [-0.1, -0.05) is 66.2 Å².